The highest BCUT2D eigenvalue weighted by Crippen LogP contribution is 2.23. The molecule has 0 aliphatic heterocycles. The van der Waals surface area contributed by atoms with E-state index in [1.54, 1.807) is 25.1 Å². The van der Waals surface area contributed by atoms with Crippen LogP contribution in [0.2, 0.25) is 0 Å². The van der Waals surface area contributed by atoms with Gasteiger partial charge in [0.15, 0.2) is 6.29 Å². The second kappa shape index (κ2) is 8.59. The number of ether oxygens (including phenoxy) is 3. The van der Waals surface area contributed by atoms with E-state index in [2.05, 4.69) is 5.32 Å². The first kappa shape index (κ1) is 17.4. The molecular formula is C15H22FNO4. The predicted molar refractivity (Wildman–Crippen MR) is 76.1 cm³/mol. The Labute approximate surface area is 124 Å². The molecule has 21 heavy (non-hydrogen) atoms. The van der Waals surface area contributed by atoms with Crippen LogP contribution >= 0.6 is 0 Å². The second-order valence-electron chi connectivity index (χ2n) is 4.77. The number of alkyl carbamates (subject to hydrolysis) is 1. The molecule has 0 saturated heterocycles. The molecule has 0 radical (unpaired) electrons. The highest BCUT2D eigenvalue weighted by molar-refractivity contribution is 5.67. The first-order valence-electron chi connectivity index (χ1n) is 6.87. The Morgan fingerprint density at radius 2 is 2.00 bits per heavy atom. The third-order valence-corrected chi connectivity index (χ3v) is 2.63. The topological polar surface area (TPSA) is 56.8 Å². The smallest absolute Gasteiger partial charge is 0.409 e. The number of carbonyl (C=O) groups is 1. The quantitative estimate of drug-likeness (QED) is 0.784. The number of benzene rings is 1. The Bertz CT molecular complexity index is 453. The number of hydrogen-bond donors (Lipinski definition) is 1. The number of nitrogens with one attached hydrogen (secondary N) is 1. The van der Waals surface area contributed by atoms with Gasteiger partial charge in [-0.1, -0.05) is 25.1 Å². The van der Waals surface area contributed by atoms with Crippen LogP contribution in [0.3, 0.4) is 0 Å². The average molecular weight is 299 g/mol. The lowest BCUT2D eigenvalue weighted by atomic mass is 10.2. The minimum absolute atomic E-state index is 0.0419. The van der Waals surface area contributed by atoms with Crippen molar-refractivity contribution < 1.29 is 23.4 Å². The maximum absolute atomic E-state index is 13.7. The van der Waals surface area contributed by atoms with Crippen molar-refractivity contribution in [3.8, 4) is 0 Å². The molecule has 0 unspecified atom stereocenters. The zero-order chi connectivity index (χ0) is 15.8. The number of rotatable bonds is 7. The first-order valence-corrected chi connectivity index (χ1v) is 6.87. The summed E-state index contributed by atoms with van der Waals surface area (Å²) >= 11 is 0. The van der Waals surface area contributed by atoms with Gasteiger partial charge in [-0.2, -0.15) is 0 Å². The lowest BCUT2D eigenvalue weighted by Gasteiger charge is -2.24. The van der Waals surface area contributed by atoms with Crippen LogP contribution in [0.15, 0.2) is 24.3 Å². The van der Waals surface area contributed by atoms with Crippen LogP contribution < -0.4 is 5.32 Å². The summed E-state index contributed by atoms with van der Waals surface area (Å²) in [4.78, 5) is 11.6. The van der Waals surface area contributed by atoms with Crippen molar-refractivity contribution >= 4 is 6.09 Å². The third kappa shape index (κ3) is 5.69. The van der Waals surface area contributed by atoms with E-state index in [9.17, 15) is 9.18 Å². The number of halogens is 1. The molecule has 0 aliphatic carbocycles. The minimum Gasteiger partial charge on any atom is -0.420 e. The van der Waals surface area contributed by atoms with Gasteiger partial charge in [-0.05, 0) is 19.9 Å². The zero-order valence-corrected chi connectivity index (χ0v) is 12.8. The molecule has 0 spiro atoms. The first-order chi connectivity index (χ1) is 9.97. The Morgan fingerprint density at radius 1 is 1.33 bits per heavy atom. The van der Waals surface area contributed by atoms with Crippen molar-refractivity contribution in [2.45, 2.75) is 45.8 Å². The molecule has 0 aliphatic rings. The molecule has 1 rings (SSSR count). The van der Waals surface area contributed by atoms with Gasteiger partial charge < -0.3 is 19.5 Å². The van der Waals surface area contributed by atoms with Crippen molar-refractivity contribution in [3.63, 3.8) is 0 Å². The summed E-state index contributed by atoms with van der Waals surface area (Å²) in [5, 5.41) is 2.59. The Morgan fingerprint density at radius 3 is 2.52 bits per heavy atom. The molecular weight excluding hydrogens is 277 g/mol. The van der Waals surface area contributed by atoms with E-state index in [-0.39, 0.29) is 11.6 Å². The SMILES string of the molecule is CC[C@H](OC(=O)NC(C)C)O[C@H](OC)c1ccccc1F. The van der Waals surface area contributed by atoms with Gasteiger partial charge in [-0.15, -0.1) is 0 Å². The summed E-state index contributed by atoms with van der Waals surface area (Å²) in [5.41, 5.74) is 0.256. The highest BCUT2D eigenvalue weighted by atomic mass is 19.1. The van der Waals surface area contributed by atoms with Crippen LogP contribution in [-0.4, -0.2) is 25.5 Å². The van der Waals surface area contributed by atoms with Gasteiger partial charge in [-0.3, -0.25) is 0 Å². The van der Waals surface area contributed by atoms with Crippen molar-refractivity contribution in [2.24, 2.45) is 0 Å². The van der Waals surface area contributed by atoms with Crippen LogP contribution in [-0.2, 0) is 14.2 Å². The van der Waals surface area contributed by atoms with E-state index < -0.39 is 24.5 Å². The highest BCUT2D eigenvalue weighted by Gasteiger charge is 2.22. The van der Waals surface area contributed by atoms with Crippen LogP contribution in [0, 0.1) is 5.82 Å². The molecule has 1 aromatic carbocycles. The molecule has 0 bridgehead atoms. The molecule has 0 fully saturated rings. The van der Waals surface area contributed by atoms with Gasteiger partial charge in [0.2, 0.25) is 6.29 Å². The molecule has 1 amide bonds. The lowest BCUT2D eigenvalue weighted by Crippen LogP contribution is -2.35. The van der Waals surface area contributed by atoms with Gasteiger partial charge >= 0.3 is 6.09 Å². The van der Waals surface area contributed by atoms with Crippen LogP contribution in [0.25, 0.3) is 0 Å². The monoisotopic (exact) mass is 299 g/mol. The molecule has 0 aromatic heterocycles. The van der Waals surface area contributed by atoms with E-state index in [1.165, 1.54) is 13.2 Å². The van der Waals surface area contributed by atoms with E-state index in [4.69, 9.17) is 14.2 Å². The molecule has 2 atom stereocenters. The average Bonchev–Trinajstić information content (AvgIpc) is 2.43. The number of carbonyl (C=O) groups excluding carboxylic acids is 1. The van der Waals surface area contributed by atoms with Crippen molar-refractivity contribution in [3.05, 3.63) is 35.6 Å². The number of methoxy groups -OCH3 is 1. The lowest BCUT2D eigenvalue weighted by molar-refractivity contribution is -0.223. The molecule has 1 N–H and O–H groups in total. The van der Waals surface area contributed by atoms with Crippen molar-refractivity contribution in [1.82, 2.24) is 5.32 Å². The van der Waals surface area contributed by atoms with E-state index >= 15 is 0 Å². The largest absolute Gasteiger partial charge is 0.420 e. The van der Waals surface area contributed by atoms with Crippen LogP contribution in [0.4, 0.5) is 9.18 Å². The normalized spacial score (nSPS) is 13.8. The fourth-order valence-corrected chi connectivity index (χ4v) is 1.66. The fourth-order valence-electron chi connectivity index (χ4n) is 1.66. The van der Waals surface area contributed by atoms with Gasteiger partial charge in [-0.25, -0.2) is 9.18 Å². The van der Waals surface area contributed by atoms with Crippen LogP contribution in [0.1, 0.15) is 39.0 Å². The number of amides is 1. The maximum Gasteiger partial charge on any atom is 0.409 e. The van der Waals surface area contributed by atoms with Gasteiger partial charge in [0.05, 0.1) is 0 Å². The van der Waals surface area contributed by atoms with E-state index in [1.807, 2.05) is 13.8 Å². The summed E-state index contributed by atoms with van der Waals surface area (Å²) in [6.45, 7) is 5.43. The van der Waals surface area contributed by atoms with Crippen molar-refractivity contribution in [2.75, 3.05) is 7.11 Å². The zero-order valence-electron chi connectivity index (χ0n) is 12.8. The summed E-state index contributed by atoms with van der Waals surface area (Å²) < 4.78 is 29.5. The molecule has 118 valence electrons. The molecule has 1 aromatic rings. The Kier molecular flexibility index (Phi) is 7.11. The summed E-state index contributed by atoms with van der Waals surface area (Å²) in [5.74, 6) is -0.439. The third-order valence-electron chi connectivity index (χ3n) is 2.63. The second-order valence-corrected chi connectivity index (χ2v) is 4.77. The van der Waals surface area contributed by atoms with Gasteiger partial charge in [0.1, 0.15) is 5.82 Å². The van der Waals surface area contributed by atoms with Gasteiger partial charge in [0.25, 0.3) is 0 Å². The summed E-state index contributed by atoms with van der Waals surface area (Å²) in [6.07, 6.45) is -1.93. The molecule has 0 heterocycles. The van der Waals surface area contributed by atoms with Crippen molar-refractivity contribution in [1.29, 1.82) is 0 Å². The van der Waals surface area contributed by atoms with Gasteiger partial charge in [0, 0.05) is 25.1 Å². The summed E-state index contributed by atoms with van der Waals surface area (Å²) in [6, 6.07) is 6.10. The fraction of sp³-hybridized carbons (Fsp3) is 0.533. The maximum atomic E-state index is 13.7. The summed E-state index contributed by atoms with van der Waals surface area (Å²) in [7, 11) is 1.40. The molecule has 5 nitrogen and oxygen atoms in total. The Balaban J connectivity index is 2.70. The minimum atomic E-state index is -0.942. The molecule has 0 saturated carbocycles. The standard InChI is InChI=1S/C15H22FNO4/c1-5-13(21-15(18)17-10(2)3)20-14(19-4)11-8-6-7-9-12(11)16/h6-10,13-14H,5H2,1-4H3,(H,17,18)/t13-,14-/m0/s1. The van der Waals surface area contributed by atoms with Crippen LogP contribution in [0.5, 0.6) is 0 Å². The predicted octanol–water partition coefficient (Wildman–Crippen LogP) is 3.36. The Hall–Kier alpha value is -1.66. The molecule has 6 heteroatoms. The van der Waals surface area contributed by atoms with E-state index in [0.717, 1.165) is 0 Å². The van der Waals surface area contributed by atoms with E-state index in [0.29, 0.717) is 6.42 Å². The number of hydrogen-bond acceptors (Lipinski definition) is 4.